The maximum atomic E-state index is 3.46. The molecule has 1 aromatic carbocycles. The molecule has 1 heteroatoms. The summed E-state index contributed by atoms with van der Waals surface area (Å²) >= 11 is 0. The Hall–Kier alpha value is -0.820. The molecule has 1 aromatic rings. The molecule has 1 aliphatic carbocycles. The van der Waals surface area contributed by atoms with Crippen molar-refractivity contribution >= 4 is 0 Å². The number of rotatable bonds is 3. The van der Waals surface area contributed by atoms with Crippen LogP contribution < -0.4 is 5.32 Å². The first-order chi connectivity index (χ1) is 8.42. The van der Waals surface area contributed by atoms with Gasteiger partial charge in [0, 0.05) is 0 Å². The van der Waals surface area contributed by atoms with Crippen LogP contribution in [0.5, 0.6) is 0 Å². The molecule has 1 saturated heterocycles. The Balaban J connectivity index is 1.62. The SMILES string of the molecule is c1cc2c(cc1CCC1CCNC1)CCCC2. The highest BCUT2D eigenvalue weighted by Gasteiger charge is 2.14. The summed E-state index contributed by atoms with van der Waals surface area (Å²) in [5, 5.41) is 3.46. The van der Waals surface area contributed by atoms with Crippen LogP contribution in [-0.2, 0) is 19.3 Å². The molecule has 1 fully saturated rings. The van der Waals surface area contributed by atoms with Gasteiger partial charge in [-0.1, -0.05) is 18.2 Å². The summed E-state index contributed by atoms with van der Waals surface area (Å²) < 4.78 is 0. The number of fused-ring (bicyclic) bond motifs is 1. The lowest BCUT2D eigenvalue weighted by Crippen LogP contribution is -2.09. The van der Waals surface area contributed by atoms with E-state index < -0.39 is 0 Å². The summed E-state index contributed by atoms with van der Waals surface area (Å²) in [6.45, 7) is 2.47. The molecule has 1 atom stereocenters. The molecule has 17 heavy (non-hydrogen) atoms. The standard InChI is InChI=1S/C16H23N/c1-2-4-16-11-13(7-8-15(16)3-1)5-6-14-9-10-17-12-14/h7-8,11,14,17H,1-6,9-10,12H2. The molecule has 0 aromatic heterocycles. The van der Waals surface area contributed by atoms with Gasteiger partial charge in [-0.15, -0.1) is 0 Å². The molecule has 0 radical (unpaired) electrons. The summed E-state index contributed by atoms with van der Waals surface area (Å²) in [6, 6.07) is 7.24. The molecule has 0 saturated carbocycles. The number of benzene rings is 1. The third kappa shape index (κ3) is 2.71. The van der Waals surface area contributed by atoms with Crippen LogP contribution in [-0.4, -0.2) is 13.1 Å². The van der Waals surface area contributed by atoms with Crippen LogP contribution in [0.2, 0.25) is 0 Å². The average Bonchev–Trinajstić information content (AvgIpc) is 2.89. The van der Waals surface area contributed by atoms with E-state index in [1.54, 1.807) is 16.7 Å². The third-order valence-corrected chi connectivity index (χ3v) is 4.42. The van der Waals surface area contributed by atoms with E-state index in [1.165, 1.54) is 58.0 Å². The molecular formula is C16H23N. The van der Waals surface area contributed by atoms with Crippen LogP contribution in [0, 0.1) is 5.92 Å². The Morgan fingerprint density at radius 3 is 2.82 bits per heavy atom. The fraction of sp³-hybridized carbons (Fsp3) is 0.625. The number of nitrogens with one attached hydrogen (secondary N) is 1. The zero-order chi connectivity index (χ0) is 11.5. The molecule has 1 nitrogen and oxygen atoms in total. The predicted octanol–water partition coefficient (Wildman–Crippen LogP) is 3.11. The van der Waals surface area contributed by atoms with Gasteiger partial charge in [-0.25, -0.2) is 0 Å². The molecule has 92 valence electrons. The highest BCUT2D eigenvalue weighted by molar-refractivity contribution is 5.33. The zero-order valence-electron chi connectivity index (χ0n) is 10.7. The molecule has 1 N–H and O–H groups in total. The van der Waals surface area contributed by atoms with Crippen molar-refractivity contribution in [3.8, 4) is 0 Å². The molecule has 0 spiro atoms. The van der Waals surface area contributed by atoms with Crippen molar-refractivity contribution in [3.05, 3.63) is 34.9 Å². The summed E-state index contributed by atoms with van der Waals surface area (Å²) in [6.07, 6.45) is 9.43. The van der Waals surface area contributed by atoms with E-state index in [4.69, 9.17) is 0 Å². The Labute approximate surface area is 105 Å². The number of aryl methyl sites for hydroxylation is 3. The quantitative estimate of drug-likeness (QED) is 0.840. The van der Waals surface area contributed by atoms with Gasteiger partial charge in [0.05, 0.1) is 0 Å². The first kappa shape index (κ1) is 11.3. The number of hydrogen-bond donors (Lipinski definition) is 1. The molecule has 0 amide bonds. The minimum Gasteiger partial charge on any atom is -0.316 e. The Morgan fingerprint density at radius 1 is 1.12 bits per heavy atom. The van der Waals surface area contributed by atoms with E-state index in [0.29, 0.717) is 0 Å². The normalized spacial score (nSPS) is 23.6. The van der Waals surface area contributed by atoms with Crippen LogP contribution in [0.3, 0.4) is 0 Å². The van der Waals surface area contributed by atoms with E-state index in [-0.39, 0.29) is 0 Å². The minimum absolute atomic E-state index is 0.922. The van der Waals surface area contributed by atoms with Crippen molar-refractivity contribution in [1.82, 2.24) is 5.32 Å². The molecule has 1 unspecified atom stereocenters. The van der Waals surface area contributed by atoms with Crippen molar-refractivity contribution in [2.45, 2.75) is 44.9 Å². The highest BCUT2D eigenvalue weighted by atomic mass is 14.9. The van der Waals surface area contributed by atoms with Gasteiger partial charge in [-0.2, -0.15) is 0 Å². The lowest BCUT2D eigenvalue weighted by Gasteiger charge is -2.17. The maximum Gasteiger partial charge on any atom is -0.00199 e. The molecular weight excluding hydrogens is 206 g/mol. The van der Waals surface area contributed by atoms with Crippen molar-refractivity contribution in [1.29, 1.82) is 0 Å². The second kappa shape index (κ2) is 5.22. The van der Waals surface area contributed by atoms with Crippen LogP contribution >= 0.6 is 0 Å². The Kier molecular flexibility index (Phi) is 3.46. The molecule has 3 rings (SSSR count). The lowest BCUT2D eigenvalue weighted by molar-refractivity contribution is 0.532. The van der Waals surface area contributed by atoms with E-state index in [0.717, 1.165) is 5.92 Å². The monoisotopic (exact) mass is 229 g/mol. The summed E-state index contributed by atoms with van der Waals surface area (Å²) in [4.78, 5) is 0. The molecule has 0 bridgehead atoms. The first-order valence-corrected chi connectivity index (χ1v) is 7.23. The van der Waals surface area contributed by atoms with E-state index in [2.05, 4.69) is 23.5 Å². The molecule has 1 aliphatic heterocycles. The summed E-state index contributed by atoms with van der Waals surface area (Å²) in [5.74, 6) is 0.922. The average molecular weight is 229 g/mol. The highest BCUT2D eigenvalue weighted by Crippen LogP contribution is 2.23. The van der Waals surface area contributed by atoms with Crippen LogP contribution in [0.25, 0.3) is 0 Å². The van der Waals surface area contributed by atoms with Crippen LogP contribution in [0.4, 0.5) is 0 Å². The third-order valence-electron chi connectivity index (χ3n) is 4.42. The van der Waals surface area contributed by atoms with Gasteiger partial charge < -0.3 is 5.32 Å². The van der Waals surface area contributed by atoms with Crippen molar-refractivity contribution in [2.24, 2.45) is 5.92 Å². The van der Waals surface area contributed by atoms with E-state index in [9.17, 15) is 0 Å². The van der Waals surface area contributed by atoms with Gasteiger partial charge >= 0.3 is 0 Å². The fourth-order valence-corrected chi connectivity index (χ4v) is 3.27. The largest absolute Gasteiger partial charge is 0.316 e. The van der Waals surface area contributed by atoms with Crippen molar-refractivity contribution in [3.63, 3.8) is 0 Å². The first-order valence-electron chi connectivity index (χ1n) is 7.23. The maximum absolute atomic E-state index is 3.46. The van der Waals surface area contributed by atoms with Crippen LogP contribution in [0.15, 0.2) is 18.2 Å². The molecule has 2 aliphatic rings. The summed E-state index contributed by atoms with van der Waals surface area (Å²) in [7, 11) is 0. The van der Waals surface area contributed by atoms with Crippen LogP contribution in [0.1, 0.15) is 42.4 Å². The van der Waals surface area contributed by atoms with Gasteiger partial charge in [-0.05, 0) is 80.6 Å². The number of hydrogen-bond acceptors (Lipinski definition) is 1. The van der Waals surface area contributed by atoms with Crippen molar-refractivity contribution < 1.29 is 0 Å². The minimum atomic E-state index is 0.922. The fourth-order valence-electron chi connectivity index (χ4n) is 3.27. The van der Waals surface area contributed by atoms with Gasteiger partial charge in [0.2, 0.25) is 0 Å². The lowest BCUT2D eigenvalue weighted by atomic mass is 9.89. The topological polar surface area (TPSA) is 12.0 Å². The predicted molar refractivity (Wildman–Crippen MR) is 72.4 cm³/mol. The second-order valence-corrected chi connectivity index (χ2v) is 5.71. The van der Waals surface area contributed by atoms with Gasteiger partial charge in [-0.3, -0.25) is 0 Å². The smallest absolute Gasteiger partial charge is 0.00199 e. The van der Waals surface area contributed by atoms with Crippen molar-refractivity contribution in [2.75, 3.05) is 13.1 Å². The Morgan fingerprint density at radius 2 is 2.00 bits per heavy atom. The Bertz CT molecular complexity index is 377. The molecule has 1 heterocycles. The van der Waals surface area contributed by atoms with E-state index in [1.807, 2.05) is 0 Å². The second-order valence-electron chi connectivity index (χ2n) is 5.71. The summed E-state index contributed by atoms with van der Waals surface area (Å²) in [5.41, 5.74) is 4.82. The zero-order valence-corrected chi connectivity index (χ0v) is 10.7. The van der Waals surface area contributed by atoms with Gasteiger partial charge in [0.1, 0.15) is 0 Å². The van der Waals surface area contributed by atoms with Gasteiger partial charge in [0.25, 0.3) is 0 Å². The van der Waals surface area contributed by atoms with E-state index >= 15 is 0 Å². The van der Waals surface area contributed by atoms with Gasteiger partial charge in [0.15, 0.2) is 0 Å².